The monoisotopic (exact) mass is 365 g/mol. The van der Waals surface area contributed by atoms with Crippen molar-refractivity contribution in [2.45, 2.75) is 12.8 Å². The third kappa shape index (κ3) is 5.96. The van der Waals surface area contributed by atoms with Gasteiger partial charge in [-0.25, -0.2) is 0 Å². The van der Waals surface area contributed by atoms with Gasteiger partial charge in [-0.1, -0.05) is 23.7 Å². The zero-order valence-corrected chi connectivity index (χ0v) is 15.6. The Hall–Kier alpha value is -1.14. The average Bonchev–Trinajstić information content (AvgIpc) is 2.87. The summed E-state index contributed by atoms with van der Waals surface area (Å²) in [6, 6.07) is 7.59. The van der Waals surface area contributed by atoms with Crippen LogP contribution >= 0.6 is 11.6 Å². The van der Waals surface area contributed by atoms with E-state index in [4.69, 9.17) is 16.3 Å². The Kier molecular flexibility index (Phi) is 7.11. The van der Waals surface area contributed by atoms with Crippen LogP contribution in [0.3, 0.4) is 0 Å². The van der Waals surface area contributed by atoms with Crippen LogP contribution < -0.4 is 0 Å². The van der Waals surface area contributed by atoms with Crippen LogP contribution in [0.15, 0.2) is 24.3 Å². The molecule has 0 bridgehead atoms. The summed E-state index contributed by atoms with van der Waals surface area (Å²) in [6.07, 6.45) is 1.48. The molecule has 2 saturated heterocycles. The molecule has 6 heteroatoms. The third-order valence-corrected chi connectivity index (χ3v) is 5.26. The van der Waals surface area contributed by atoms with Gasteiger partial charge < -0.3 is 14.5 Å². The van der Waals surface area contributed by atoms with Gasteiger partial charge in [0.15, 0.2) is 0 Å². The molecule has 2 fully saturated rings. The van der Waals surface area contributed by atoms with Crippen LogP contribution in [0.25, 0.3) is 0 Å². The molecule has 0 N–H and O–H groups in total. The second-order valence-corrected chi connectivity index (χ2v) is 7.27. The number of morpholine rings is 1. The van der Waals surface area contributed by atoms with Gasteiger partial charge in [-0.05, 0) is 30.7 Å². The van der Waals surface area contributed by atoms with E-state index in [1.807, 2.05) is 29.2 Å². The maximum absolute atomic E-state index is 12.6. The predicted molar refractivity (Wildman–Crippen MR) is 100 cm³/mol. The van der Waals surface area contributed by atoms with Gasteiger partial charge in [-0.2, -0.15) is 0 Å². The lowest BCUT2D eigenvalue weighted by atomic mass is 10.1. The van der Waals surface area contributed by atoms with E-state index in [0.29, 0.717) is 11.4 Å². The molecule has 1 amide bonds. The van der Waals surface area contributed by atoms with E-state index in [-0.39, 0.29) is 5.91 Å². The van der Waals surface area contributed by atoms with Gasteiger partial charge in [0.25, 0.3) is 0 Å². The Morgan fingerprint density at radius 3 is 2.52 bits per heavy atom. The van der Waals surface area contributed by atoms with Gasteiger partial charge >= 0.3 is 0 Å². The van der Waals surface area contributed by atoms with Gasteiger partial charge in [-0.3, -0.25) is 9.69 Å². The molecule has 5 nitrogen and oxygen atoms in total. The van der Waals surface area contributed by atoms with Crippen molar-refractivity contribution in [3.8, 4) is 0 Å². The van der Waals surface area contributed by atoms with E-state index in [2.05, 4.69) is 9.80 Å². The van der Waals surface area contributed by atoms with Gasteiger partial charge in [0.05, 0.1) is 19.6 Å². The molecule has 25 heavy (non-hydrogen) atoms. The molecule has 1 aromatic rings. The Balaban J connectivity index is 1.43. The highest BCUT2D eigenvalue weighted by atomic mass is 35.5. The smallest absolute Gasteiger partial charge is 0.227 e. The van der Waals surface area contributed by atoms with Gasteiger partial charge in [0.1, 0.15) is 0 Å². The molecular weight excluding hydrogens is 338 g/mol. The SMILES string of the molecule is O=C(Cc1cccc(Cl)c1)N1CCCN(CCN2CCOCC2)CC1. The quantitative estimate of drug-likeness (QED) is 0.796. The summed E-state index contributed by atoms with van der Waals surface area (Å²) in [7, 11) is 0. The molecule has 2 aliphatic rings. The number of rotatable bonds is 5. The molecular formula is C19H28ClN3O2. The lowest BCUT2D eigenvalue weighted by Crippen LogP contribution is -2.42. The Morgan fingerprint density at radius 1 is 1.00 bits per heavy atom. The lowest BCUT2D eigenvalue weighted by Gasteiger charge is -2.29. The van der Waals surface area contributed by atoms with Crippen LogP contribution in [0, 0.1) is 0 Å². The first-order valence-corrected chi connectivity index (χ1v) is 9.63. The van der Waals surface area contributed by atoms with Crippen LogP contribution in [0.4, 0.5) is 0 Å². The second-order valence-electron chi connectivity index (χ2n) is 6.84. The number of benzene rings is 1. The number of halogens is 1. The molecule has 138 valence electrons. The number of hydrogen-bond donors (Lipinski definition) is 0. The fourth-order valence-corrected chi connectivity index (χ4v) is 3.70. The predicted octanol–water partition coefficient (Wildman–Crippen LogP) is 1.75. The first kappa shape index (κ1) is 18.6. The minimum Gasteiger partial charge on any atom is -0.379 e. The molecule has 0 spiro atoms. The van der Waals surface area contributed by atoms with Crippen molar-refractivity contribution in [3.63, 3.8) is 0 Å². The summed E-state index contributed by atoms with van der Waals surface area (Å²) in [5.74, 6) is 0.206. The Bertz CT molecular complexity index is 563. The molecule has 0 atom stereocenters. The highest BCUT2D eigenvalue weighted by Gasteiger charge is 2.20. The van der Waals surface area contributed by atoms with E-state index in [1.54, 1.807) is 0 Å². The van der Waals surface area contributed by atoms with Crippen molar-refractivity contribution >= 4 is 17.5 Å². The van der Waals surface area contributed by atoms with Crippen LogP contribution in [-0.2, 0) is 16.0 Å². The summed E-state index contributed by atoms with van der Waals surface area (Å²) < 4.78 is 5.40. The average molecular weight is 366 g/mol. The minimum absolute atomic E-state index is 0.206. The number of carbonyl (C=O) groups excluding carboxylic acids is 1. The number of amides is 1. The molecule has 0 aliphatic carbocycles. The number of nitrogens with zero attached hydrogens (tertiary/aromatic N) is 3. The van der Waals surface area contributed by atoms with Crippen molar-refractivity contribution in [2.75, 3.05) is 65.6 Å². The molecule has 2 aliphatic heterocycles. The Morgan fingerprint density at radius 2 is 1.76 bits per heavy atom. The van der Waals surface area contributed by atoms with Crippen LogP contribution in [0.5, 0.6) is 0 Å². The van der Waals surface area contributed by atoms with Crippen molar-refractivity contribution in [1.29, 1.82) is 0 Å². The highest BCUT2D eigenvalue weighted by molar-refractivity contribution is 6.30. The summed E-state index contributed by atoms with van der Waals surface area (Å²) in [5, 5.41) is 0.690. The Labute approximate surface area is 155 Å². The maximum atomic E-state index is 12.6. The number of carbonyl (C=O) groups is 1. The molecule has 1 aromatic carbocycles. The summed E-state index contributed by atoms with van der Waals surface area (Å²) in [5.41, 5.74) is 0.992. The fourth-order valence-electron chi connectivity index (χ4n) is 3.48. The van der Waals surface area contributed by atoms with E-state index in [1.165, 1.54) is 0 Å². The van der Waals surface area contributed by atoms with E-state index >= 15 is 0 Å². The topological polar surface area (TPSA) is 36.0 Å². The normalized spacial score (nSPS) is 20.4. The van der Waals surface area contributed by atoms with Crippen LogP contribution in [-0.4, -0.2) is 86.2 Å². The molecule has 3 rings (SSSR count). The van der Waals surface area contributed by atoms with E-state index in [9.17, 15) is 4.79 Å². The number of hydrogen-bond acceptors (Lipinski definition) is 4. The van der Waals surface area contributed by atoms with E-state index < -0.39 is 0 Å². The van der Waals surface area contributed by atoms with E-state index in [0.717, 1.165) is 77.6 Å². The van der Waals surface area contributed by atoms with Gasteiger partial charge in [0.2, 0.25) is 5.91 Å². The first-order chi connectivity index (χ1) is 12.2. The van der Waals surface area contributed by atoms with Crippen molar-refractivity contribution in [1.82, 2.24) is 14.7 Å². The van der Waals surface area contributed by atoms with Crippen molar-refractivity contribution in [3.05, 3.63) is 34.9 Å². The third-order valence-electron chi connectivity index (χ3n) is 5.02. The van der Waals surface area contributed by atoms with Crippen molar-refractivity contribution < 1.29 is 9.53 Å². The van der Waals surface area contributed by atoms with Gasteiger partial charge in [-0.15, -0.1) is 0 Å². The number of ether oxygens (including phenoxy) is 1. The highest BCUT2D eigenvalue weighted by Crippen LogP contribution is 2.13. The zero-order valence-electron chi connectivity index (χ0n) is 14.8. The summed E-state index contributed by atoms with van der Waals surface area (Å²) in [4.78, 5) is 19.6. The molecule has 2 heterocycles. The van der Waals surface area contributed by atoms with Gasteiger partial charge in [0, 0.05) is 50.8 Å². The summed E-state index contributed by atoms with van der Waals surface area (Å²) in [6.45, 7) is 9.68. The molecule has 0 aromatic heterocycles. The first-order valence-electron chi connectivity index (χ1n) is 9.25. The fraction of sp³-hybridized carbons (Fsp3) is 0.632. The van der Waals surface area contributed by atoms with Crippen LogP contribution in [0.2, 0.25) is 5.02 Å². The summed E-state index contributed by atoms with van der Waals surface area (Å²) >= 11 is 6.01. The lowest BCUT2D eigenvalue weighted by molar-refractivity contribution is -0.130. The molecule has 0 unspecified atom stereocenters. The molecule has 0 saturated carbocycles. The maximum Gasteiger partial charge on any atom is 0.227 e. The minimum atomic E-state index is 0.206. The second kappa shape index (κ2) is 9.53. The largest absolute Gasteiger partial charge is 0.379 e. The standard InChI is InChI=1S/C19H28ClN3O2/c20-18-4-1-3-17(15-18)16-19(24)23-6-2-5-21(9-10-23)7-8-22-11-13-25-14-12-22/h1,3-4,15H,2,5-14,16H2. The zero-order chi connectivity index (χ0) is 17.5. The van der Waals surface area contributed by atoms with Crippen molar-refractivity contribution in [2.24, 2.45) is 0 Å². The molecule has 0 radical (unpaired) electrons. The van der Waals surface area contributed by atoms with Crippen LogP contribution in [0.1, 0.15) is 12.0 Å².